The van der Waals surface area contributed by atoms with Gasteiger partial charge < -0.3 is 25.0 Å². The predicted molar refractivity (Wildman–Crippen MR) is 196 cm³/mol. The Hall–Kier alpha value is -2.56. The normalized spacial score (nSPS) is 14.7. The number of nitrogens with one attached hydrogen (secondary N) is 2. The topological polar surface area (TPSA) is 125 Å². The van der Waals surface area contributed by atoms with Gasteiger partial charge in [0.2, 0.25) is 17.7 Å². The molecule has 258 valence electrons. The summed E-state index contributed by atoms with van der Waals surface area (Å²) in [6.07, 6.45) is 8.07. The van der Waals surface area contributed by atoms with Crippen molar-refractivity contribution in [3.8, 4) is 0 Å². The molecule has 1 heterocycles. The smallest absolute Gasteiger partial charge is 0.330 e. The van der Waals surface area contributed by atoms with Crippen molar-refractivity contribution in [3.63, 3.8) is 0 Å². The van der Waals surface area contributed by atoms with E-state index in [-0.39, 0.29) is 41.9 Å². The van der Waals surface area contributed by atoms with Crippen LogP contribution in [0, 0.1) is 0 Å². The molecule has 1 atom stereocenters. The summed E-state index contributed by atoms with van der Waals surface area (Å²) in [5.74, 6) is 0.448. The van der Waals surface area contributed by atoms with Crippen LogP contribution in [-0.4, -0.2) is 58.5 Å². The Morgan fingerprint density at radius 3 is 2.34 bits per heavy atom. The first-order chi connectivity index (χ1) is 22.4. The van der Waals surface area contributed by atoms with E-state index in [1.54, 1.807) is 40.3 Å². The maximum Gasteiger partial charge on any atom is 0.330 e. The van der Waals surface area contributed by atoms with Crippen LogP contribution in [0.3, 0.4) is 0 Å². The molecule has 2 aromatic rings. The number of nitrogens with zero attached hydrogens (tertiary/aromatic N) is 1. The van der Waals surface area contributed by atoms with Crippen LogP contribution in [0.4, 0.5) is 5.69 Å². The van der Waals surface area contributed by atoms with Crippen LogP contribution in [0.2, 0.25) is 0 Å². The van der Waals surface area contributed by atoms with Crippen LogP contribution >= 0.6 is 29.2 Å². The van der Waals surface area contributed by atoms with Gasteiger partial charge in [-0.2, -0.15) is 0 Å². The highest BCUT2D eigenvalue weighted by atomic mass is 33.1. The summed E-state index contributed by atoms with van der Waals surface area (Å²) in [7, 11) is -0.259. The lowest BCUT2D eigenvalue weighted by molar-refractivity contribution is -0.125. The molecule has 1 unspecified atom stereocenters. The number of para-hydroxylation sites is 1. The van der Waals surface area contributed by atoms with E-state index < -0.39 is 13.3 Å². The third kappa shape index (κ3) is 13.8. The number of rotatable bonds is 19. The van der Waals surface area contributed by atoms with Crippen molar-refractivity contribution in [2.24, 2.45) is 0 Å². The SMILES string of the molecule is CC(C)P(=O)(O)OCCCCCCNC(=O)CC(C)(C)SSCCNC(=O)CCC(=O)N1Cc2ccccc2/C=C\c2ccccc21. The summed E-state index contributed by atoms with van der Waals surface area (Å²) >= 11 is 0. The summed E-state index contributed by atoms with van der Waals surface area (Å²) in [5, 5.41) is 5.90. The van der Waals surface area contributed by atoms with Crippen LogP contribution in [-0.2, 0) is 30.0 Å². The summed E-state index contributed by atoms with van der Waals surface area (Å²) in [6.45, 7) is 9.21. The Labute approximate surface area is 288 Å². The van der Waals surface area contributed by atoms with E-state index in [0.717, 1.165) is 41.6 Å². The highest BCUT2D eigenvalue weighted by molar-refractivity contribution is 8.77. The molecule has 12 heteroatoms. The van der Waals surface area contributed by atoms with Crippen molar-refractivity contribution in [3.05, 3.63) is 65.2 Å². The fraction of sp³-hybridized carbons (Fsp3) is 0.514. The van der Waals surface area contributed by atoms with Crippen LogP contribution in [0.1, 0.15) is 89.3 Å². The summed E-state index contributed by atoms with van der Waals surface area (Å²) in [4.78, 5) is 49.8. The lowest BCUT2D eigenvalue weighted by Gasteiger charge is -2.27. The number of anilines is 1. The Kier molecular flexibility index (Phi) is 16.1. The minimum atomic E-state index is -3.50. The Morgan fingerprint density at radius 2 is 1.57 bits per heavy atom. The lowest BCUT2D eigenvalue weighted by Crippen LogP contribution is -2.33. The molecule has 0 aromatic heterocycles. The fourth-order valence-electron chi connectivity index (χ4n) is 4.88. The molecule has 3 amide bonds. The van der Waals surface area contributed by atoms with Gasteiger partial charge in [-0.15, -0.1) is 0 Å². The van der Waals surface area contributed by atoms with E-state index in [4.69, 9.17) is 4.52 Å². The molecule has 3 N–H and O–H groups in total. The Morgan fingerprint density at radius 1 is 0.915 bits per heavy atom. The van der Waals surface area contributed by atoms with Gasteiger partial charge in [0.05, 0.1) is 24.5 Å². The number of carbonyl (C=O) groups is 3. The van der Waals surface area contributed by atoms with E-state index in [2.05, 4.69) is 16.7 Å². The Balaban J connectivity index is 1.28. The maximum absolute atomic E-state index is 13.4. The van der Waals surface area contributed by atoms with Gasteiger partial charge in [-0.1, -0.05) is 103 Å². The monoisotopic (exact) mass is 703 g/mol. The van der Waals surface area contributed by atoms with Gasteiger partial charge in [0.25, 0.3) is 0 Å². The molecule has 1 aliphatic heterocycles. The number of fused-ring (bicyclic) bond motifs is 2. The number of hydrogen-bond donors (Lipinski definition) is 3. The third-order valence-corrected chi connectivity index (χ3v) is 12.8. The van der Waals surface area contributed by atoms with Crippen molar-refractivity contribution in [1.82, 2.24) is 10.6 Å². The van der Waals surface area contributed by atoms with E-state index in [9.17, 15) is 23.8 Å². The van der Waals surface area contributed by atoms with Crippen molar-refractivity contribution in [2.45, 2.75) is 89.6 Å². The van der Waals surface area contributed by atoms with E-state index >= 15 is 0 Å². The molecular weight excluding hydrogens is 654 g/mol. The third-order valence-electron chi connectivity index (χ3n) is 7.62. The molecule has 0 fully saturated rings. The lowest BCUT2D eigenvalue weighted by atomic mass is 10.0. The van der Waals surface area contributed by atoms with Gasteiger partial charge in [-0.25, -0.2) is 0 Å². The van der Waals surface area contributed by atoms with Gasteiger partial charge in [0.15, 0.2) is 0 Å². The van der Waals surface area contributed by atoms with Crippen molar-refractivity contribution < 1.29 is 28.4 Å². The zero-order valence-corrected chi connectivity index (χ0v) is 30.6. The van der Waals surface area contributed by atoms with Gasteiger partial charge in [0.1, 0.15) is 0 Å². The maximum atomic E-state index is 13.4. The molecule has 0 saturated heterocycles. The molecule has 2 aromatic carbocycles. The van der Waals surface area contributed by atoms with Crippen molar-refractivity contribution in [1.29, 1.82) is 0 Å². The first-order valence-electron chi connectivity index (χ1n) is 16.3. The second-order valence-electron chi connectivity index (χ2n) is 12.5. The minimum absolute atomic E-state index is 0.00437. The molecule has 3 rings (SSSR count). The minimum Gasteiger partial charge on any atom is -0.356 e. The van der Waals surface area contributed by atoms with Crippen LogP contribution in [0.5, 0.6) is 0 Å². The van der Waals surface area contributed by atoms with Crippen molar-refractivity contribution in [2.75, 3.05) is 30.3 Å². The standard InChI is InChI=1S/C35H50N3O6PS2/c1-27(2)45(42,43)44-23-12-6-5-11-21-36-33(40)25-35(3,4)47-46-24-22-37-32(39)19-20-34(41)38-26-30-15-8-7-13-28(30)17-18-29-14-9-10-16-31(29)38/h7-10,13-18,27H,5-6,11-12,19-26H2,1-4H3,(H,36,40)(H,37,39)(H,42,43)/b18-17-. The average Bonchev–Trinajstić information content (AvgIpc) is 3.01. The first-order valence-corrected chi connectivity index (χ1v) is 20.3. The van der Waals surface area contributed by atoms with Crippen molar-refractivity contribution >= 4 is 64.7 Å². The van der Waals surface area contributed by atoms with Crippen LogP contribution in [0.25, 0.3) is 12.2 Å². The number of amides is 3. The molecule has 0 saturated carbocycles. The fourth-order valence-corrected chi connectivity index (χ4v) is 7.98. The number of carbonyl (C=O) groups excluding carboxylic acids is 3. The molecule has 1 aliphatic rings. The highest BCUT2D eigenvalue weighted by Gasteiger charge is 2.25. The molecule has 47 heavy (non-hydrogen) atoms. The molecule has 0 spiro atoms. The van der Waals surface area contributed by atoms with E-state index in [0.29, 0.717) is 38.2 Å². The number of unbranched alkanes of at least 4 members (excludes halogenated alkanes) is 3. The average molecular weight is 704 g/mol. The van der Waals surface area contributed by atoms with E-state index in [1.807, 2.05) is 68.5 Å². The van der Waals surface area contributed by atoms with Gasteiger partial charge in [0, 0.05) is 42.9 Å². The first kappa shape index (κ1) is 38.9. The summed E-state index contributed by atoms with van der Waals surface area (Å²) in [6, 6.07) is 15.8. The molecule has 0 aliphatic carbocycles. The highest BCUT2D eigenvalue weighted by Crippen LogP contribution is 2.47. The predicted octanol–water partition coefficient (Wildman–Crippen LogP) is 7.44. The molecule has 0 bridgehead atoms. The number of hydrogen-bond acceptors (Lipinski definition) is 7. The quantitative estimate of drug-likeness (QED) is 0.0784. The van der Waals surface area contributed by atoms with Crippen LogP contribution < -0.4 is 15.5 Å². The van der Waals surface area contributed by atoms with Gasteiger partial charge in [-0.05, 0) is 49.4 Å². The second-order valence-corrected chi connectivity index (χ2v) is 18.1. The summed E-state index contributed by atoms with van der Waals surface area (Å²) < 4.78 is 16.6. The van der Waals surface area contributed by atoms with Gasteiger partial charge >= 0.3 is 7.60 Å². The zero-order valence-electron chi connectivity index (χ0n) is 28.0. The second kappa shape index (κ2) is 19.4. The number of benzene rings is 2. The van der Waals surface area contributed by atoms with Crippen LogP contribution in [0.15, 0.2) is 48.5 Å². The molecule has 9 nitrogen and oxygen atoms in total. The Bertz CT molecular complexity index is 1420. The largest absolute Gasteiger partial charge is 0.356 e. The van der Waals surface area contributed by atoms with Gasteiger partial charge in [-0.3, -0.25) is 18.9 Å². The molecular formula is C35H50N3O6PS2. The molecule has 0 radical (unpaired) electrons. The van der Waals surface area contributed by atoms with E-state index in [1.165, 1.54) is 0 Å². The summed E-state index contributed by atoms with van der Waals surface area (Å²) in [5.41, 5.74) is 3.55. The zero-order chi connectivity index (χ0) is 34.3.